The normalized spacial score (nSPS) is 12.9. The van der Waals surface area contributed by atoms with Gasteiger partial charge in [-0.15, -0.1) is 0 Å². The summed E-state index contributed by atoms with van der Waals surface area (Å²) in [5.41, 5.74) is 32.7. The third-order valence-corrected chi connectivity index (χ3v) is 24.1. The van der Waals surface area contributed by atoms with Gasteiger partial charge in [0.05, 0.1) is 26.3 Å². The maximum absolute atomic E-state index is 13.0. The van der Waals surface area contributed by atoms with Crippen molar-refractivity contribution in [2.24, 2.45) is 35.4 Å². The number of anilines is 6. The van der Waals surface area contributed by atoms with Crippen molar-refractivity contribution in [1.29, 1.82) is 0 Å². The highest BCUT2D eigenvalue weighted by atomic mass is 19.1. The zero-order valence-electron chi connectivity index (χ0n) is 79.1. The molecule has 18 rings (SSSR count). The molecule has 0 aliphatic carbocycles. The number of hydrogen-bond acceptors (Lipinski definition) is 29. The quantitative estimate of drug-likeness (QED) is 0.0104. The highest BCUT2D eigenvalue weighted by Gasteiger charge is 2.26. The second kappa shape index (κ2) is 51.4. The number of hydrogen-bond donors (Lipinski definition) is 7. The first-order valence-corrected chi connectivity index (χ1v) is 45.7. The number of carbonyl (C=O) groups excluding carboxylic acids is 6. The smallest absolute Gasteiger partial charge is 0.349 e. The average Bonchev–Trinajstić information content (AvgIpc) is 1.70. The molecule has 6 heterocycles. The van der Waals surface area contributed by atoms with Crippen molar-refractivity contribution in [3.05, 3.63) is 414 Å². The van der Waals surface area contributed by atoms with E-state index in [0.717, 1.165) is 169 Å². The number of nitro benzene ring substituents is 1. The summed E-state index contributed by atoms with van der Waals surface area (Å²) in [6.45, 7) is 9.59. The zero-order chi connectivity index (χ0) is 101. The van der Waals surface area contributed by atoms with E-state index < -0.39 is 40.7 Å². The van der Waals surface area contributed by atoms with Crippen LogP contribution in [0.5, 0.6) is 17.2 Å². The number of rotatable bonds is 28. The molecule has 0 fully saturated rings. The molecular weight excluding hydrogens is 1820 g/mol. The van der Waals surface area contributed by atoms with E-state index in [1.807, 2.05) is 140 Å². The van der Waals surface area contributed by atoms with Crippen LogP contribution in [0.4, 0.5) is 44.2 Å². The maximum atomic E-state index is 13.0. The van der Waals surface area contributed by atoms with Crippen LogP contribution in [0.15, 0.2) is 304 Å². The predicted octanol–water partition coefficient (Wildman–Crippen LogP) is 16.2. The molecule has 0 spiro atoms. The molecule has 734 valence electrons. The number of methoxy groups -OCH3 is 3. The summed E-state index contributed by atoms with van der Waals surface area (Å²) in [5.74, 6) is 27.5. The molecule has 0 atom stereocenters. The summed E-state index contributed by atoms with van der Waals surface area (Å²) in [5, 5.41) is 11.8. The molecule has 14 N–H and O–H groups in total. The Morgan fingerprint density at radius 3 is 0.951 bits per heavy atom. The molecule has 1 aromatic heterocycles. The summed E-state index contributed by atoms with van der Waals surface area (Å²) in [6, 6.07) is 84.3. The van der Waals surface area contributed by atoms with Gasteiger partial charge in [0, 0.05) is 172 Å². The fourth-order valence-electron chi connectivity index (χ4n) is 17.0. The largest absolute Gasteiger partial charge is 0.497 e. The van der Waals surface area contributed by atoms with Gasteiger partial charge in [-0.25, -0.2) is 33.2 Å². The first kappa shape index (κ1) is 103. The lowest BCUT2D eigenvalue weighted by atomic mass is 10.1. The van der Waals surface area contributed by atoms with Gasteiger partial charge in [0.2, 0.25) is 0 Å². The van der Waals surface area contributed by atoms with Crippen LogP contribution in [0.25, 0.3) is 47.4 Å². The number of nitrogens with two attached hydrogens (primary N) is 7. The van der Waals surface area contributed by atoms with E-state index in [1.165, 1.54) is 128 Å². The van der Waals surface area contributed by atoms with Crippen LogP contribution < -0.4 is 79.8 Å². The molecule has 0 bridgehead atoms. The molecule has 0 radical (unpaired) electrons. The lowest BCUT2D eigenvalue weighted by molar-refractivity contribution is -0.384. The first-order chi connectivity index (χ1) is 69.5. The fraction of sp³-hybridized carbons (Fsp3) is 0.171. The van der Waals surface area contributed by atoms with Crippen LogP contribution in [0.2, 0.25) is 0 Å². The molecule has 0 unspecified atom stereocenters. The number of fused-ring (bicyclic) bond motifs is 6. The van der Waals surface area contributed by atoms with Crippen LogP contribution in [0, 0.1) is 15.9 Å². The van der Waals surface area contributed by atoms with Crippen molar-refractivity contribution >= 4 is 123 Å². The summed E-state index contributed by atoms with van der Waals surface area (Å²) < 4.78 is 31.0. The Balaban J connectivity index is 0.000000144. The number of nitrogens with zero attached hydrogens (tertiary/aromatic N) is 7. The van der Waals surface area contributed by atoms with Crippen LogP contribution in [0.3, 0.4) is 0 Å². The molecule has 5 aliphatic heterocycles. The number of non-ortho nitro benzene ring substituents is 1. The van der Waals surface area contributed by atoms with Crippen molar-refractivity contribution in [3.63, 3.8) is 0 Å². The van der Waals surface area contributed by atoms with Gasteiger partial charge in [0.15, 0.2) is 11.5 Å². The van der Waals surface area contributed by atoms with Crippen molar-refractivity contribution < 1.29 is 81.3 Å². The molecule has 32 heteroatoms. The van der Waals surface area contributed by atoms with Crippen molar-refractivity contribution in [1.82, 2.24) is 4.57 Å². The van der Waals surface area contributed by atoms with Gasteiger partial charge in [0.1, 0.15) is 11.6 Å². The lowest BCUT2D eigenvalue weighted by Gasteiger charge is -2.19. The van der Waals surface area contributed by atoms with E-state index in [1.54, 1.807) is 69.9 Å². The van der Waals surface area contributed by atoms with Gasteiger partial charge in [-0.05, 0) is 291 Å². The third-order valence-electron chi connectivity index (χ3n) is 24.1. The first-order valence-electron chi connectivity index (χ1n) is 45.7. The highest BCUT2D eigenvalue weighted by Crippen LogP contribution is 2.38. The summed E-state index contributed by atoms with van der Waals surface area (Å²) in [7, 11) is 4.92. The molecular formula is C111H111FN14O17. The Bertz CT molecular complexity index is 6690. The van der Waals surface area contributed by atoms with E-state index in [4.69, 9.17) is 55.3 Å². The Kier molecular flexibility index (Phi) is 37.1. The van der Waals surface area contributed by atoms with E-state index in [-0.39, 0.29) is 11.5 Å². The topological polar surface area (TPSA) is 432 Å². The second-order valence-electron chi connectivity index (χ2n) is 33.5. The molecule has 0 saturated heterocycles. The fourth-order valence-corrected chi connectivity index (χ4v) is 17.0. The van der Waals surface area contributed by atoms with Crippen LogP contribution in [-0.4, -0.2) is 99.4 Å². The number of ether oxygens (including phenoxy) is 3. The van der Waals surface area contributed by atoms with Crippen LogP contribution in [-0.2, 0) is 129 Å². The van der Waals surface area contributed by atoms with Crippen molar-refractivity contribution in [2.45, 2.75) is 71.4 Å². The van der Waals surface area contributed by atoms with Gasteiger partial charge in [-0.3, -0.25) is 10.1 Å². The van der Waals surface area contributed by atoms with Gasteiger partial charge in [-0.1, -0.05) is 121 Å². The van der Waals surface area contributed by atoms with Crippen LogP contribution in [0.1, 0.15) is 94.6 Å². The zero-order valence-corrected chi connectivity index (χ0v) is 79.1. The molecule has 5 aliphatic rings. The van der Waals surface area contributed by atoms with E-state index in [2.05, 4.69) is 149 Å². The molecule has 12 aromatic carbocycles. The Hall–Kier alpha value is -17.3. The summed E-state index contributed by atoms with van der Waals surface area (Å²) in [4.78, 5) is 113. The highest BCUT2D eigenvalue weighted by molar-refractivity contribution is 5.91. The monoisotopic (exact) mass is 1930 g/mol. The Morgan fingerprint density at radius 2 is 0.629 bits per heavy atom. The molecule has 0 amide bonds. The minimum absolute atomic E-state index is 0.0954. The van der Waals surface area contributed by atoms with Crippen molar-refractivity contribution in [2.75, 3.05) is 84.3 Å². The van der Waals surface area contributed by atoms with Gasteiger partial charge < -0.3 is 78.0 Å². The third kappa shape index (κ3) is 29.6. The average molecular weight is 1930 g/mol. The molecule has 143 heavy (non-hydrogen) atoms. The number of carbonyl (C=O) groups is 6. The molecule has 31 nitrogen and oxygen atoms in total. The van der Waals surface area contributed by atoms with E-state index in [9.17, 15) is 43.3 Å². The number of nitrogen functional groups attached to an aromatic ring is 1. The standard InChI is InChI=1S/C20H20N2O4.C19H20N2O3.C18H17FN2O2.C18H17N3O4.C18H19N3O2.C18H18N2O2/c1-24-18-7-4-15(12-19(18)25-2)13-22-10-9-16-11-14(3-6-17(16)22)5-8-20(23)26-21;1-23-17-6-2-15(3-7-17)13-21-11-10-16-12-14(4-8-18(16)21)5-9-19(22)24-20;19-16-5-1-14(2-6-16)12-21-10-9-15-11-13(3-7-17(15)21)4-8-18(22)23-20;19-25-18(22)8-4-13-3-7-17-15(11-13)9-10-20(17)12-14-1-5-16(6-2-14)21(23)24;19-16-5-1-14(2-6-16)12-21-10-9-15-11-13(3-7-17(15)21)4-8-18(22)23-20;19-22-18(21)9-7-14-6-8-17-16(12-14)10-11-20(17)13-15-4-2-1-3-5-15/h3-12H,13,21H2,1-2H3;2-9,12H,10-11,13,20H2,1H3;1-8,11H,9-10,12,20H2;1-8,11H,9-10,12,19H2;1-8,11H,9-10,12,19-20H2;1-9,12H,10-11,13,19H2/b8-5+;9-5+;3*8-4+;9-7+. The van der Waals surface area contributed by atoms with Gasteiger partial charge >= 0.3 is 35.8 Å². The van der Waals surface area contributed by atoms with Gasteiger partial charge in [0.25, 0.3) is 5.69 Å². The number of halogens is 1. The second-order valence-corrected chi connectivity index (χ2v) is 33.5. The lowest BCUT2D eigenvalue weighted by Crippen LogP contribution is -2.19. The maximum Gasteiger partial charge on any atom is 0.349 e. The number of nitro groups is 1. The van der Waals surface area contributed by atoms with E-state index >= 15 is 0 Å². The van der Waals surface area contributed by atoms with Gasteiger partial charge in [-0.2, -0.15) is 35.4 Å². The summed E-state index contributed by atoms with van der Waals surface area (Å²) >= 11 is 0. The SMILES string of the molecule is COc1ccc(CN2CCc3cc(/C=C/C(=O)ON)ccc32)cc1.COc1ccc(Cn2ccc3cc(/C=C/C(=O)ON)ccc32)cc1OC.NOC(=O)/C=C/c1ccc2c(c1)CCN2Cc1ccc(F)cc1.NOC(=O)/C=C/c1ccc2c(c1)CCN2Cc1ccc(N)cc1.NOC(=O)/C=C/c1ccc2c(c1)CCN2Cc1ccc([N+](=O)[O-])cc1.NOC(=O)/C=C/c1ccc2c(c1)CCN2Cc1ccccc1. The minimum Gasteiger partial charge on any atom is -0.497 e. The Morgan fingerprint density at radius 1 is 0.329 bits per heavy atom. The Labute approximate surface area is 826 Å². The van der Waals surface area contributed by atoms with Crippen molar-refractivity contribution in [3.8, 4) is 17.2 Å². The number of benzene rings is 12. The predicted molar refractivity (Wildman–Crippen MR) is 552 cm³/mol. The minimum atomic E-state index is -0.597. The molecule has 13 aromatic rings. The number of aromatic nitrogens is 1. The van der Waals surface area contributed by atoms with E-state index in [0.29, 0.717) is 24.6 Å². The molecule has 0 saturated carbocycles. The summed E-state index contributed by atoms with van der Waals surface area (Å²) in [6.07, 6.45) is 24.9. The van der Waals surface area contributed by atoms with Crippen LogP contribution >= 0.6 is 0 Å².